The molecule has 2 unspecified atom stereocenters. The smallest absolute Gasteiger partial charge is 0.332 e. The van der Waals surface area contributed by atoms with Crippen molar-refractivity contribution in [2.45, 2.75) is 38.5 Å². The lowest BCUT2D eigenvalue weighted by molar-refractivity contribution is -0.149. The second kappa shape index (κ2) is 5.22. The predicted octanol–water partition coefficient (Wildman–Crippen LogP) is 3.34. The molecule has 0 saturated carbocycles. The minimum Gasteiger partial charge on any atom is -0.479 e. The van der Waals surface area contributed by atoms with Gasteiger partial charge >= 0.3 is 5.97 Å². The number of ether oxygens (including phenoxy) is 1. The van der Waals surface area contributed by atoms with Gasteiger partial charge < -0.3 is 14.4 Å². The Hall–Kier alpha value is -1.33. The third-order valence-electron chi connectivity index (χ3n) is 3.92. The van der Waals surface area contributed by atoms with E-state index in [2.05, 4.69) is 39.6 Å². The van der Waals surface area contributed by atoms with E-state index in [1.54, 1.807) is 0 Å². The van der Waals surface area contributed by atoms with Crippen LogP contribution in [0.5, 0.6) is 0 Å². The molecular weight excluding hydrogens is 322 g/mol. The first-order valence-corrected chi connectivity index (χ1v) is 7.49. The molecule has 1 N–H and O–H groups in total. The quantitative estimate of drug-likeness (QED) is 0.934. The molecule has 0 aliphatic carbocycles. The summed E-state index contributed by atoms with van der Waals surface area (Å²) in [6.07, 6.45) is 0.711. The van der Waals surface area contributed by atoms with E-state index in [9.17, 15) is 4.79 Å². The van der Waals surface area contributed by atoms with Gasteiger partial charge in [-0.1, -0.05) is 18.2 Å². The molecule has 0 spiro atoms. The number of fused-ring (bicyclic) bond motifs is 1. The van der Waals surface area contributed by atoms with Crippen molar-refractivity contribution in [1.82, 2.24) is 4.57 Å². The highest BCUT2D eigenvalue weighted by Crippen LogP contribution is 2.32. The normalized spacial score (nSPS) is 22.5. The number of para-hydroxylation sites is 1. The summed E-state index contributed by atoms with van der Waals surface area (Å²) >= 11 is 3.63. The average molecular weight is 338 g/mol. The van der Waals surface area contributed by atoms with Crippen LogP contribution < -0.4 is 0 Å². The Morgan fingerprint density at radius 2 is 2.20 bits per heavy atom. The van der Waals surface area contributed by atoms with Gasteiger partial charge in [-0.15, -0.1) is 0 Å². The van der Waals surface area contributed by atoms with Crippen LogP contribution in [0.3, 0.4) is 0 Å². The fourth-order valence-corrected chi connectivity index (χ4v) is 3.40. The first kappa shape index (κ1) is 13.6. The van der Waals surface area contributed by atoms with Gasteiger partial charge in [0.1, 0.15) is 0 Å². The maximum atomic E-state index is 10.9. The van der Waals surface area contributed by atoms with E-state index in [0.29, 0.717) is 13.0 Å². The topological polar surface area (TPSA) is 51.5 Å². The lowest BCUT2D eigenvalue weighted by Crippen LogP contribution is -2.23. The van der Waals surface area contributed by atoms with Crippen LogP contribution in [0.1, 0.15) is 18.5 Å². The van der Waals surface area contributed by atoms with Gasteiger partial charge in [0.05, 0.1) is 6.10 Å². The van der Waals surface area contributed by atoms with Gasteiger partial charge in [0.25, 0.3) is 0 Å². The molecule has 1 aromatic carbocycles. The summed E-state index contributed by atoms with van der Waals surface area (Å²) in [5.41, 5.74) is 2.30. The third-order valence-corrected chi connectivity index (χ3v) is 4.92. The first-order valence-electron chi connectivity index (χ1n) is 6.69. The number of hydrogen-bond acceptors (Lipinski definition) is 2. The summed E-state index contributed by atoms with van der Waals surface area (Å²) in [5.74, 6) is -0.859. The van der Waals surface area contributed by atoms with Gasteiger partial charge in [-0.25, -0.2) is 4.79 Å². The number of benzene rings is 1. The molecule has 2 atom stereocenters. The van der Waals surface area contributed by atoms with E-state index in [-0.39, 0.29) is 6.10 Å². The maximum Gasteiger partial charge on any atom is 0.332 e. The Kier molecular flexibility index (Phi) is 3.56. The van der Waals surface area contributed by atoms with E-state index in [0.717, 1.165) is 22.1 Å². The number of nitrogens with zero attached hydrogens (tertiary/aromatic N) is 1. The molecule has 0 bridgehead atoms. The highest BCUT2D eigenvalue weighted by Gasteiger charge is 2.31. The molecule has 1 aromatic heterocycles. The zero-order valence-corrected chi connectivity index (χ0v) is 12.8. The van der Waals surface area contributed by atoms with Crippen molar-refractivity contribution in [3.8, 4) is 0 Å². The second-order valence-corrected chi connectivity index (χ2v) is 5.98. The Morgan fingerprint density at radius 1 is 1.45 bits per heavy atom. The molecule has 2 aromatic rings. The van der Waals surface area contributed by atoms with Crippen molar-refractivity contribution in [2.75, 3.05) is 0 Å². The summed E-state index contributed by atoms with van der Waals surface area (Å²) in [7, 11) is 0. The molecule has 4 nitrogen and oxygen atoms in total. The van der Waals surface area contributed by atoms with Crippen LogP contribution in [0, 0.1) is 6.92 Å². The number of carboxylic acids is 1. The Bertz CT molecular complexity index is 664. The maximum absolute atomic E-state index is 10.9. The molecule has 2 heterocycles. The fraction of sp³-hybridized carbons (Fsp3) is 0.400. The Labute approximate surface area is 125 Å². The van der Waals surface area contributed by atoms with Gasteiger partial charge in [-0.3, -0.25) is 0 Å². The van der Waals surface area contributed by atoms with Gasteiger partial charge in [-0.2, -0.15) is 0 Å². The van der Waals surface area contributed by atoms with Gasteiger partial charge in [0, 0.05) is 27.6 Å². The van der Waals surface area contributed by atoms with E-state index < -0.39 is 12.1 Å². The SMILES string of the molecule is Cc1c(Br)c2ccccc2n1CC1CCC(C(=O)O)O1. The molecule has 1 saturated heterocycles. The van der Waals surface area contributed by atoms with Crippen LogP contribution in [0.25, 0.3) is 10.9 Å². The van der Waals surface area contributed by atoms with Gasteiger partial charge in [0.2, 0.25) is 0 Å². The highest BCUT2D eigenvalue weighted by molar-refractivity contribution is 9.10. The molecular formula is C15H16BrNO3. The van der Waals surface area contributed by atoms with Crippen molar-refractivity contribution in [3.63, 3.8) is 0 Å². The van der Waals surface area contributed by atoms with Crippen LogP contribution in [0.2, 0.25) is 0 Å². The van der Waals surface area contributed by atoms with Crippen LogP contribution in [0.4, 0.5) is 0 Å². The predicted molar refractivity (Wildman–Crippen MR) is 79.9 cm³/mol. The van der Waals surface area contributed by atoms with E-state index in [4.69, 9.17) is 9.84 Å². The number of carboxylic acid groups (broad SMARTS) is 1. The lowest BCUT2D eigenvalue weighted by atomic mass is 10.2. The van der Waals surface area contributed by atoms with Crippen molar-refractivity contribution in [2.24, 2.45) is 0 Å². The molecule has 1 aliphatic heterocycles. The number of rotatable bonds is 3. The lowest BCUT2D eigenvalue weighted by Gasteiger charge is -2.15. The number of hydrogen-bond donors (Lipinski definition) is 1. The number of carbonyl (C=O) groups is 1. The van der Waals surface area contributed by atoms with E-state index in [1.807, 2.05) is 12.1 Å². The molecule has 0 amide bonds. The number of aromatic nitrogens is 1. The molecule has 20 heavy (non-hydrogen) atoms. The van der Waals surface area contributed by atoms with Crippen LogP contribution in [0.15, 0.2) is 28.7 Å². The fourth-order valence-electron chi connectivity index (χ4n) is 2.85. The standard InChI is InChI=1S/C15H16BrNO3/c1-9-14(16)11-4-2-3-5-12(11)17(9)8-10-6-7-13(20-10)15(18)19/h2-5,10,13H,6-8H2,1H3,(H,18,19). The van der Waals surface area contributed by atoms with Crippen LogP contribution >= 0.6 is 15.9 Å². The minimum atomic E-state index is -0.859. The van der Waals surface area contributed by atoms with E-state index >= 15 is 0 Å². The zero-order chi connectivity index (χ0) is 14.3. The molecule has 106 valence electrons. The van der Waals surface area contributed by atoms with Crippen molar-refractivity contribution in [1.29, 1.82) is 0 Å². The molecule has 1 fully saturated rings. The summed E-state index contributed by atoms with van der Waals surface area (Å²) in [4.78, 5) is 10.9. The van der Waals surface area contributed by atoms with Gasteiger partial charge in [0.15, 0.2) is 6.10 Å². The molecule has 3 rings (SSSR count). The van der Waals surface area contributed by atoms with Gasteiger partial charge in [-0.05, 0) is 41.8 Å². The number of aliphatic carboxylic acids is 1. The highest BCUT2D eigenvalue weighted by atomic mass is 79.9. The molecule has 0 radical (unpaired) electrons. The van der Waals surface area contributed by atoms with Crippen LogP contribution in [-0.4, -0.2) is 27.9 Å². The summed E-state index contributed by atoms with van der Waals surface area (Å²) < 4.78 is 8.91. The molecule has 5 heteroatoms. The summed E-state index contributed by atoms with van der Waals surface area (Å²) in [5, 5.41) is 10.2. The Balaban J connectivity index is 1.89. The first-order chi connectivity index (χ1) is 9.58. The Morgan fingerprint density at radius 3 is 2.90 bits per heavy atom. The second-order valence-electron chi connectivity index (χ2n) is 5.19. The zero-order valence-electron chi connectivity index (χ0n) is 11.2. The summed E-state index contributed by atoms with van der Waals surface area (Å²) in [6, 6.07) is 8.19. The van der Waals surface area contributed by atoms with Crippen molar-refractivity contribution in [3.05, 3.63) is 34.4 Å². The monoisotopic (exact) mass is 337 g/mol. The van der Waals surface area contributed by atoms with E-state index in [1.165, 1.54) is 5.39 Å². The van der Waals surface area contributed by atoms with Crippen LogP contribution in [-0.2, 0) is 16.1 Å². The third kappa shape index (κ3) is 2.25. The molecule has 1 aliphatic rings. The minimum absolute atomic E-state index is 0.0301. The largest absolute Gasteiger partial charge is 0.479 e. The summed E-state index contributed by atoms with van der Waals surface area (Å²) in [6.45, 7) is 2.76. The number of halogens is 1. The van der Waals surface area contributed by atoms with Crippen molar-refractivity contribution >= 4 is 32.8 Å². The van der Waals surface area contributed by atoms with Crippen molar-refractivity contribution < 1.29 is 14.6 Å². The average Bonchev–Trinajstić information content (AvgIpc) is 3.00.